The molecule has 0 unspecified atom stereocenters. The highest BCUT2D eigenvalue weighted by atomic mass is 16.5. The van der Waals surface area contributed by atoms with Crippen molar-refractivity contribution in [1.29, 1.82) is 0 Å². The standard InChI is InChI=1S/C22H22N4O4/c1-3-30-22(29)19-12-13-26(24-19)18-11-7-10-17(14-18)23-20(27)15-25(2)21(28)16-8-5-4-6-9-16/h4-14H,3,15H2,1-2H3,(H,23,27). The van der Waals surface area contributed by atoms with Crippen LogP contribution in [-0.4, -0.2) is 52.7 Å². The average molecular weight is 406 g/mol. The Bertz CT molecular complexity index is 1050. The number of esters is 1. The van der Waals surface area contributed by atoms with Gasteiger partial charge >= 0.3 is 5.97 Å². The van der Waals surface area contributed by atoms with E-state index in [0.717, 1.165) is 0 Å². The van der Waals surface area contributed by atoms with Gasteiger partial charge in [-0.1, -0.05) is 24.3 Å². The molecule has 0 aliphatic carbocycles. The monoisotopic (exact) mass is 406 g/mol. The molecule has 0 saturated carbocycles. The summed E-state index contributed by atoms with van der Waals surface area (Å²) in [4.78, 5) is 37.9. The first-order chi connectivity index (χ1) is 14.5. The summed E-state index contributed by atoms with van der Waals surface area (Å²) < 4.78 is 6.46. The van der Waals surface area contributed by atoms with Crippen molar-refractivity contribution in [3.63, 3.8) is 0 Å². The van der Waals surface area contributed by atoms with Gasteiger partial charge in [0.2, 0.25) is 5.91 Å². The summed E-state index contributed by atoms with van der Waals surface area (Å²) in [6.45, 7) is 1.91. The quantitative estimate of drug-likeness (QED) is 0.609. The molecule has 30 heavy (non-hydrogen) atoms. The number of nitrogens with one attached hydrogen (secondary N) is 1. The van der Waals surface area contributed by atoms with Crippen molar-refractivity contribution in [3.8, 4) is 5.69 Å². The van der Waals surface area contributed by atoms with Crippen LogP contribution >= 0.6 is 0 Å². The molecular formula is C22H22N4O4. The van der Waals surface area contributed by atoms with Gasteiger partial charge in [-0.3, -0.25) is 9.59 Å². The molecule has 1 heterocycles. The van der Waals surface area contributed by atoms with Crippen molar-refractivity contribution >= 4 is 23.5 Å². The molecule has 0 fully saturated rings. The normalized spacial score (nSPS) is 10.3. The van der Waals surface area contributed by atoms with E-state index in [0.29, 0.717) is 16.9 Å². The number of benzene rings is 2. The number of hydrogen-bond acceptors (Lipinski definition) is 5. The summed E-state index contributed by atoms with van der Waals surface area (Å²) >= 11 is 0. The summed E-state index contributed by atoms with van der Waals surface area (Å²) in [7, 11) is 1.58. The van der Waals surface area contributed by atoms with E-state index in [-0.39, 0.29) is 30.7 Å². The van der Waals surface area contributed by atoms with Crippen LogP contribution in [0, 0.1) is 0 Å². The van der Waals surface area contributed by atoms with E-state index in [1.807, 2.05) is 6.07 Å². The Labute approximate surface area is 174 Å². The molecule has 3 aromatic rings. The molecular weight excluding hydrogens is 384 g/mol. The molecule has 0 atom stereocenters. The Kier molecular flexibility index (Phi) is 6.59. The van der Waals surface area contributed by atoms with E-state index < -0.39 is 5.97 Å². The van der Waals surface area contributed by atoms with Crippen LogP contribution in [0.2, 0.25) is 0 Å². The second kappa shape index (κ2) is 9.51. The van der Waals surface area contributed by atoms with E-state index in [1.54, 1.807) is 74.8 Å². The molecule has 0 aliphatic heterocycles. The van der Waals surface area contributed by atoms with Gasteiger partial charge in [0.15, 0.2) is 5.69 Å². The van der Waals surface area contributed by atoms with Crippen LogP contribution in [0.25, 0.3) is 5.69 Å². The van der Waals surface area contributed by atoms with Gasteiger partial charge in [-0.2, -0.15) is 5.10 Å². The third-order valence-corrected chi connectivity index (χ3v) is 4.22. The molecule has 0 spiro atoms. The molecule has 1 N–H and O–H groups in total. The van der Waals surface area contributed by atoms with Crippen LogP contribution in [0.1, 0.15) is 27.8 Å². The lowest BCUT2D eigenvalue weighted by Crippen LogP contribution is -2.34. The molecule has 2 aromatic carbocycles. The number of carbonyl (C=O) groups is 3. The van der Waals surface area contributed by atoms with E-state index in [4.69, 9.17) is 4.74 Å². The van der Waals surface area contributed by atoms with Gasteiger partial charge in [0.1, 0.15) is 0 Å². The minimum Gasteiger partial charge on any atom is -0.461 e. The average Bonchev–Trinajstić information content (AvgIpc) is 3.24. The largest absolute Gasteiger partial charge is 0.461 e. The predicted octanol–water partition coefficient (Wildman–Crippen LogP) is 2.76. The minimum absolute atomic E-state index is 0.0905. The smallest absolute Gasteiger partial charge is 0.358 e. The molecule has 0 bridgehead atoms. The Morgan fingerprint density at radius 3 is 2.57 bits per heavy atom. The van der Waals surface area contributed by atoms with Crippen molar-refractivity contribution in [2.45, 2.75) is 6.92 Å². The summed E-state index contributed by atoms with van der Waals surface area (Å²) in [5.41, 5.74) is 1.93. The number of nitrogens with zero attached hydrogens (tertiary/aromatic N) is 3. The molecule has 154 valence electrons. The Balaban J connectivity index is 1.64. The van der Waals surface area contributed by atoms with Crippen LogP contribution in [-0.2, 0) is 9.53 Å². The van der Waals surface area contributed by atoms with Crippen molar-refractivity contribution in [3.05, 3.63) is 78.1 Å². The fraction of sp³-hybridized carbons (Fsp3) is 0.182. The van der Waals surface area contributed by atoms with Gasteiger partial charge in [-0.25, -0.2) is 9.48 Å². The molecule has 2 amide bonds. The van der Waals surface area contributed by atoms with E-state index in [2.05, 4.69) is 10.4 Å². The highest BCUT2D eigenvalue weighted by Crippen LogP contribution is 2.15. The lowest BCUT2D eigenvalue weighted by Gasteiger charge is -2.17. The molecule has 8 nitrogen and oxygen atoms in total. The Morgan fingerprint density at radius 1 is 1.07 bits per heavy atom. The second-order valence-corrected chi connectivity index (χ2v) is 6.49. The predicted molar refractivity (Wildman–Crippen MR) is 112 cm³/mol. The summed E-state index contributed by atoms with van der Waals surface area (Å²) in [5, 5.41) is 6.97. The van der Waals surface area contributed by atoms with Crippen molar-refractivity contribution in [1.82, 2.24) is 14.7 Å². The summed E-state index contributed by atoms with van der Waals surface area (Å²) in [6.07, 6.45) is 1.64. The highest BCUT2D eigenvalue weighted by molar-refractivity contribution is 5.99. The van der Waals surface area contributed by atoms with Gasteiger partial charge < -0.3 is 15.0 Å². The molecule has 1 aromatic heterocycles. The Morgan fingerprint density at radius 2 is 1.83 bits per heavy atom. The van der Waals surface area contributed by atoms with Gasteiger partial charge in [0.05, 0.1) is 18.8 Å². The zero-order valence-electron chi connectivity index (χ0n) is 16.7. The van der Waals surface area contributed by atoms with Gasteiger partial charge in [-0.15, -0.1) is 0 Å². The van der Waals surface area contributed by atoms with Crippen LogP contribution < -0.4 is 5.32 Å². The number of amides is 2. The summed E-state index contributed by atoms with van der Waals surface area (Å²) in [6, 6.07) is 17.3. The van der Waals surface area contributed by atoms with E-state index in [1.165, 1.54) is 9.58 Å². The molecule has 3 rings (SSSR count). The topological polar surface area (TPSA) is 93.5 Å². The fourth-order valence-electron chi connectivity index (χ4n) is 2.80. The number of hydrogen-bond donors (Lipinski definition) is 1. The highest BCUT2D eigenvalue weighted by Gasteiger charge is 2.15. The van der Waals surface area contributed by atoms with Crippen molar-refractivity contribution in [2.75, 3.05) is 25.5 Å². The van der Waals surface area contributed by atoms with Gasteiger partial charge in [0.25, 0.3) is 5.91 Å². The lowest BCUT2D eigenvalue weighted by atomic mass is 10.2. The van der Waals surface area contributed by atoms with Crippen LogP contribution in [0.5, 0.6) is 0 Å². The molecule has 8 heteroatoms. The minimum atomic E-state index is -0.494. The fourth-order valence-corrected chi connectivity index (χ4v) is 2.80. The Hall–Kier alpha value is -3.94. The number of aromatic nitrogens is 2. The van der Waals surface area contributed by atoms with Crippen LogP contribution in [0.3, 0.4) is 0 Å². The molecule has 0 radical (unpaired) electrons. The molecule has 0 aliphatic rings. The van der Waals surface area contributed by atoms with Crippen molar-refractivity contribution in [2.24, 2.45) is 0 Å². The summed E-state index contributed by atoms with van der Waals surface area (Å²) in [5.74, 6) is -1.05. The number of likely N-dealkylation sites (N-methyl/N-ethyl adjacent to an activating group) is 1. The number of ether oxygens (including phenoxy) is 1. The third kappa shape index (κ3) is 5.11. The maximum Gasteiger partial charge on any atom is 0.358 e. The van der Waals surface area contributed by atoms with Crippen molar-refractivity contribution < 1.29 is 19.1 Å². The number of anilines is 1. The molecule has 0 saturated heterocycles. The van der Waals surface area contributed by atoms with E-state index >= 15 is 0 Å². The first kappa shape index (κ1) is 20.8. The van der Waals surface area contributed by atoms with Gasteiger partial charge in [0, 0.05) is 24.5 Å². The first-order valence-corrected chi connectivity index (χ1v) is 9.41. The lowest BCUT2D eigenvalue weighted by molar-refractivity contribution is -0.116. The maximum atomic E-state index is 12.4. The van der Waals surface area contributed by atoms with Crippen LogP contribution in [0.15, 0.2) is 66.9 Å². The zero-order valence-corrected chi connectivity index (χ0v) is 16.7. The maximum absolute atomic E-state index is 12.4. The zero-order chi connectivity index (χ0) is 21.5. The SMILES string of the molecule is CCOC(=O)c1ccn(-c2cccc(NC(=O)CN(C)C(=O)c3ccccc3)c2)n1. The van der Waals surface area contributed by atoms with E-state index in [9.17, 15) is 14.4 Å². The number of carbonyl (C=O) groups excluding carboxylic acids is 3. The first-order valence-electron chi connectivity index (χ1n) is 9.41. The van der Waals surface area contributed by atoms with Gasteiger partial charge in [-0.05, 0) is 43.3 Å². The third-order valence-electron chi connectivity index (χ3n) is 4.22. The number of rotatable bonds is 7. The van der Waals surface area contributed by atoms with Crippen LogP contribution in [0.4, 0.5) is 5.69 Å². The second-order valence-electron chi connectivity index (χ2n) is 6.49.